The molecule has 0 N–H and O–H groups in total. The molecule has 0 aromatic carbocycles. The molecular formula is C11H16N8. The molecule has 2 rings (SSSR count). The lowest BCUT2D eigenvalue weighted by molar-refractivity contribution is 0.714. The summed E-state index contributed by atoms with van der Waals surface area (Å²) in [6.45, 7) is 1.43. The van der Waals surface area contributed by atoms with Gasteiger partial charge in [-0.15, -0.1) is 10.2 Å². The van der Waals surface area contributed by atoms with Crippen LogP contribution in [0.15, 0.2) is 22.4 Å². The van der Waals surface area contributed by atoms with E-state index in [1.165, 1.54) is 0 Å². The van der Waals surface area contributed by atoms with Crippen LogP contribution in [0.2, 0.25) is 0 Å². The number of rotatable bonds is 6. The first kappa shape index (κ1) is 13.1. The average molecular weight is 260 g/mol. The molecule has 100 valence electrons. The van der Waals surface area contributed by atoms with Gasteiger partial charge in [-0.05, 0) is 6.42 Å². The molecule has 0 aliphatic heterocycles. The van der Waals surface area contributed by atoms with E-state index < -0.39 is 0 Å². The van der Waals surface area contributed by atoms with Gasteiger partial charge in [0.1, 0.15) is 11.4 Å². The molecule has 0 spiro atoms. The van der Waals surface area contributed by atoms with E-state index in [0.29, 0.717) is 13.1 Å². The zero-order valence-corrected chi connectivity index (χ0v) is 11.0. The summed E-state index contributed by atoms with van der Waals surface area (Å²) in [7, 11) is 3.65. The van der Waals surface area contributed by atoms with Gasteiger partial charge < -0.3 is 0 Å². The van der Waals surface area contributed by atoms with Crippen LogP contribution in [-0.2, 0) is 14.1 Å². The third-order valence-corrected chi connectivity index (χ3v) is 2.26. The summed E-state index contributed by atoms with van der Waals surface area (Å²) < 4.78 is 3.29. The number of hydrogen-bond donors (Lipinski definition) is 0. The van der Waals surface area contributed by atoms with Crippen molar-refractivity contribution in [3.63, 3.8) is 0 Å². The molecule has 0 radical (unpaired) electrons. The van der Waals surface area contributed by atoms with Gasteiger partial charge in [-0.3, -0.25) is 19.3 Å². The Labute approximate surface area is 110 Å². The molecule has 0 aliphatic carbocycles. The minimum Gasteiger partial charge on any atom is -0.291 e. The van der Waals surface area contributed by atoms with Crippen LogP contribution in [0.3, 0.4) is 0 Å². The van der Waals surface area contributed by atoms with Gasteiger partial charge in [0.2, 0.25) is 0 Å². The molecule has 2 aromatic heterocycles. The van der Waals surface area contributed by atoms with E-state index >= 15 is 0 Å². The second-order valence-electron chi connectivity index (χ2n) is 4.06. The Balaban J connectivity index is 1.64. The van der Waals surface area contributed by atoms with Gasteiger partial charge in [-0.2, -0.15) is 0 Å². The second kappa shape index (κ2) is 6.53. The number of hydrogen-bond acceptors (Lipinski definition) is 6. The molecule has 0 atom stereocenters. The van der Waals surface area contributed by atoms with E-state index in [9.17, 15) is 0 Å². The van der Waals surface area contributed by atoms with E-state index in [-0.39, 0.29) is 0 Å². The highest BCUT2D eigenvalue weighted by molar-refractivity contribution is 5.76. The first-order valence-electron chi connectivity index (χ1n) is 5.96. The topological polar surface area (TPSA) is 86.1 Å². The van der Waals surface area contributed by atoms with Crippen LogP contribution >= 0.6 is 0 Å². The van der Waals surface area contributed by atoms with Crippen LogP contribution in [0.25, 0.3) is 0 Å². The summed E-state index contributed by atoms with van der Waals surface area (Å²) in [6.07, 6.45) is 7.96. The fraction of sp³-hybridized carbons (Fsp3) is 0.455. The Morgan fingerprint density at radius 2 is 1.42 bits per heavy atom. The summed E-state index contributed by atoms with van der Waals surface area (Å²) in [5.74, 6) is 0. The number of aliphatic imine (C=N–C) groups is 2. The van der Waals surface area contributed by atoms with Crippen LogP contribution in [-0.4, -0.2) is 55.5 Å². The molecule has 2 aromatic rings. The highest BCUT2D eigenvalue weighted by Gasteiger charge is 1.93. The lowest BCUT2D eigenvalue weighted by Crippen LogP contribution is -1.90. The third kappa shape index (κ3) is 4.41. The summed E-state index contributed by atoms with van der Waals surface area (Å²) in [4.78, 5) is 8.51. The quantitative estimate of drug-likeness (QED) is 0.535. The van der Waals surface area contributed by atoms with Gasteiger partial charge in [0.05, 0.1) is 24.8 Å². The van der Waals surface area contributed by atoms with Gasteiger partial charge in [0.25, 0.3) is 0 Å². The Kier molecular flexibility index (Phi) is 4.49. The van der Waals surface area contributed by atoms with E-state index in [1.807, 2.05) is 26.5 Å². The van der Waals surface area contributed by atoms with Crippen LogP contribution in [0, 0.1) is 0 Å². The predicted molar refractivity (Wildman–Crippen MR) is 71.5 cm³/mol. The molecule has 0 aliphatic rings. The van der Waals surface area contributed by atoms with Crippen molar-refractivity contribution in [2.75, 3.05) is 13.1 Å². The van der Waals surface area contributed by atoms with Gasteiger partial charge in [0, 0.05) is 27.2 Å². The first-order valence-corrected chi connectivity index (χ1v) is 5.96. The maximum absolute atomic E-state index is 4.26. The highest BCUT2D eigenvalue weighted by Crippen LogP contribution is 1.90. The van der Waals surface area contributed by atoms with Crippen LogP contribution in [0.1, 0.15) is 17.8 Å². The minimum absolute atomic E-state index is 0.717. The van der Waals surface area contributed by atoms with Gasteiger partial charge in [0.15, 0.2) is 0 Å². The van der Waals surface area contributed by atoms with Crippen LogP contribution < -0.4 is 0 Å². The molecule has 0 bridgehead atoms. The zero-order chi connectivity index (χ0) is 13.5. The van der Waals surface area contributed by atoms with Crippen molar-refractivity contribution >= 4 is 12.4 Å². The van der Waals surface area contributed by atoms with Crippen LogP contribution in [0.5, 0.6) is 0 Å². The zero-order valence-electron chi connectivity index (χ0n) is 11.0. The van der Waals surface area contributed by atoms with Gasteiger partial charge >= 0.3 is 0 Å². The minimum atomic E-state index is 0.717. The largest absolute Gasteiger partial charge is 0.291 e. The smallest absolute Gasteiger partial charge is 0.123 e. The maximum atomic E-state index is 4.26. The third-order valence-electron chi connectivity index (χ3n) is 2.26. The van der Waals surface area contributed by atoms with E-state index in [2.05, 4.69) is 30.6 Å². The molecule has 0 unspecified atom stereocenters. The fourth-order valence-electron chi connectivity index (χ4n) is 1.42. The monoisotopic (exact) mass is 260 g/mol. The molecule has 0 saturated carbocycles. The summed E-state index contributed by atoms with van der Waals surface area (Å²) in [5.41, 5.74) is 1.54. The van der Waals surface area contributed by atoms with Crippen molar-refractivity contribution in [2.24, 2.45) is 24.1 Å². The lowest BCUT2D eigenvalue weighted by Gasteiger charge is -1.90. The maximum Gasteiger partial charge on any atom is 0.123 e. The van der Waals surface area contributed by atoms with Crippen molar-refractivity contribution in [2.45, 2.75) is 6.42 Å². The number of aryl methyl sites for hydroxylation is 2. The molecule has 0 saturated heterocycles. The Morgan fingerprint density at radius 1 is 0.947 bits per heavy atom. The summed E-state index contributed by atoms with van der Waals surface area (Å²) >= 11 is 0. The van der Waals surface area contributed by atoms with Crippen molar-refractivity contribution in [1.29, 1.82) is 0 Å². The molecule has 19 heavy (non-hydrogen) atoms. The van der Waals surface area contributed by atoms with E-state index in [1.54, 1.807) is 21.8 Å². The second-order valence-corrected chi connectivity index (χ2v) is 4.06. The fourth-order valence-corrected chi connectivity index (χ4v) is 1.42. The Morgan fingerprint density at radius 3 is 1.79 bits per heavy atom. The molecule has 8 nitrogen and oxygen atoms in total. The lowest BCUT2D eigenvalue weighted by atomic mass is 10.4. The van der Waals surface area contributed by atoms with Crippen LogP contribution in [0.4, 0.5) is 0 Å². The van der Waals surface area contributed by atoms with Crippen molar-refractivity contribution in [3.05, 3.63) is 23.8 Å². The molecule has 0 amide bonds. The van der Waals surface area contributed by atoms with E-state index in [0.717, 1.165) is 17.8 Å². The average Bonchev–Trinajstić information content (AvgIpc) is 2.97. The number of aromatic nitrogens is 6. The van der Waals surface area contributed by atoms with Crippen molar-refractivity contribution in [1.82, 2.24) is 30.0 Å². The Hall–Kier alpha value is -2.38. The highest BCUT2D eigenvalue weighted by atomic mass is 15.4. The summed E-state index contributed by atoms with van der Waals surface area (Å²) in [5, 5.41) is 15.5. The molecule has 8 heteroatoms. The van der Waals surface area contributed by atoms with Gasteiger partial charge in [-0.1, -0.05) is 10.4 Å². The molecule has 2 heterocycles. The predicted octanol–water partition coefficient (Wildman–Crippen LogP) is -0.128. The van der Waals surface area contributed by atoms with Crippen molar-refractivity contribution in [3.8, 4) is 0 Å². The Bertz CT molecular complexity index is 515. The molecule has 0 fully saturated rings. The summed E-state index contributed by atoms with van der Waals surface area (Å²) in [6, 6.07) is 0. The normalized spacial score (nSPS) is 11.9. The first-order chi connectivity index (χ1) is 9.24. The van der Waals surface area contributed by atoms with Gasteiger partial charge in [-0.25, -0.2) is 0 Å². The van der Waals surface area contributed by atoms with E-state index in [4.69, 9.17) is 0 Å². The van der Waals surface area contributed by atoms with Crippen molar-refractivity contribution < 1.29 is 0 Å². The number of nitrogens with zero attached hydrogens (tertiary/aromatic N) is 8. The molecular weight excluding hydrogens is 244 g/mol. The standard InChI is InChI=1S/C11H16N8/c1-18-8-10(14-16-18)6-12-4-3-5-13-7-11-9-19(2)17-15-11/h6-9H,3-5H2,1-2H3. The SMILES string of the molecule is Cn1cc(C=NCCCN=Cc2cn(C)nn2)nn1.